The molecule has 1 amide bonds. The molecule has 0 aliphatic carbocycles. The topological polar surface area (TPSA) is 23.6 Å². The van der Waals surface area contributed by atoms with Crippen molar-refractivity contribution in [1.29, 1.82) is 0 Å². The van der Waals surface area contributed by atoms with E-state index in [2.05, 4.69) is 4.90 Å². The van der Waals surface area contributed by atoms with Gasteiger partial charge in [0.1, 0.15) is 5.37 Å². The van der Waals surface area contributed by atoms with E-state index in [4.69, 9.17) is 0 Å². The summed E-state index contributed by atoms with van der Waals surface area (Å²) < 4.78 is 38.1. The molecule has 1 aromatic rings. The second kappa shape index (κ2) is 6.96. The molecule has 0 bridgehead atoms. The SMILES string of the molecule is C[C@H]1S[C@H](c2ccc(C(F)(F)F)cc2)N(CCN2CCCC2)C1=O. The number of carbonyl (C=O) groups is 1. The average Bonchev–Trinajstić information content (AvgIpc) is 3.14. The van der Waals surface area contributed by atoms with Crippen molar-refractivity contribution in [3.63, 3.8) is 0 Å². The van der Waals surface area contributed by atoms with E-state index in [0.717, 1.165) is 37.3 Å². The third kappa shape index (κ3) is 3.72. The molecule has 2 saturated heterocycles. The summed E-state index contributed by atoms with van der Waals surface area (Å²) in [4.78, 5) is 16.6. The lowest BCUT2D eigenvalue weighted by Crippen LogP contribution is -2.37. The highest BCUT2D eigenvalue weighted by atomic mass is 32.2. The van der Waals surface area contributed by atoms with E-state index in [9.17, 15) is 18.0 Å². The van der Waals surface area contributed by atoms with E-state index in [-0.39, 0.29) is 16.5 Å². The highest BCUT2D eigenvalue weighted by molar-refractivity contribution is 8.01. The number of nitrogens with zero attached hydrogens (tertiary/aromatic N) is 2. The fraction of sp³-hybridized carbons (Fsp3) is 0.588. The molecule has 24 heavy (non-hydrogen) atoms. The normalized spacial score (nSPS) is 25.7. The number of thioether (sulfide) groups is 1. The van der Waals surface area contributed by atoms with Gasteiger partial charge in [-0.3, -0.25) is 4.79 Å². The molecule has 0 spiro atoms. The van der Waals surface area contributed by atoms with Crippen molar-refractivity contribution in [2.45, 2.75) is 36.6 Å². The molecule has 132 valence electrons. The molecule has 0 unspecified atom stereocenters. The molecular weight excluding hydrogens is 337 g/mol. The van der Waals surface area contributed by atoms with Crippen molar-refractivity contribution in [2.75, 3.05) is 26.2 Å². The van der Waals surface area contributed by atoms with E-state index in [0.29, 0.717) is 6.54 Å². The summed E-state index contributed by atoms with van der Waals surface area (Å²) in [5, 5.41) is -0.353. The third-order valence-corrected chi connectivity index (χ3v) is 6.02. The quantitative estimate of drug-likeness (QED) is 0.819. The molecule has 2 heterocycles. The Morgan fingerprint density at radius 2 is 1.75 bits per heavy atom. The van der Waals surface area contributed by atoms with Crippen LogP contribution < -0.4 is 0 Å². The van der Waals surface area contributed by atoms with Gasteiger partial charge >= 0.3 is 6.18 Å². The Morgan fingerprint density at radius 3 is 2.33 bits per heavy atom. The van der Waals surface area contributed by atoms with Gasteiger partial charge < -0.3 is 9.80 Å². The Kier molecular flexibility index (Phi) is 5.11. The maximum atomic E-state index is 12.7. The molecule has 7 heteroatoms. The fourth-order valence-corrected chi connectivity index (χ4v) is 4.56. The van der Waals surface area contributed by atoms with E-state index >= 15 is 0 Å². The summed E-state index contributed by atoms with van der Waals surface area (Å²) >= 11 is 1.51. The second-order valence-electron chi connectivity index (χ2n) is 6.33. The van der Waals surface area contributed by atoms with Gasteiger partial charge in [-0.15, -0.1) is 11.8 Å². The maximum Gasteiger partial charge on any atom is 0.416 e. The number of hydrogen-bond acceptors (Lipinski definition) is 3. The zero-order chi connectivity index (χ0) is 17.3. The van der Waals surface area contributed by atoms with Crippen LogP contribution in [-0.2, 0) is 11.0 Å². The predicted octanol–water partition coefficient (Wildman–Crippen LogP) is 3.76. The number of halogens is 3. The van der Waals surface area contributed by atoms with Crippen LogP contribution in [0, 0.1) is 0 Å². The fourth-order valence-electron chi connectivity index (χ4n) is 3.25. The number of hydrogen-bond donors (Lipinski definition) is 0. The van der Waals surface area contributed by atoms with Crippen molar-refractivity contribution in [3.05, 3.63) is 35.4 Å². The van der Waals surface area contributed by atoms with Crippen LogP contribution in [0.1, 0.15) is 36.3 Å². The lowest BCUT2D eigenvalue weighted by Gasteiger charge is -2.26. The Bertz CT molecular complexity index is 584. The average molecular weight is 358 g/mol. The summed E-state index contributed by atoms with van der Waals surface area (Å²) in [5.41, 5.74) is 0.101. The van der Waals surface area contributed by atoms with Crippen molar-refractivity contribution in [1.82, 2.24) is 9.80 Å². The molecule has 3 nitrogen and oxygen atoms in total. The zero-order valence-electron chi connectivity index (χ0n) is 13.6. The van der Waals surface area contributed by atoms with E-state index in [1.807, 2.05) is 11.8 Å². The number of likely N-dealkylation sites (tertiary alicyclic amines) is 1. The van der Waals surface area contributed by atoms with Gasteiger partial charge in [-0.1, -0.05) is 12.1 Å². The Morgan fingerprint density at radius 1 is 1.12 bits per heavy atom. The number of amides is 1. The zero-order valence-corrected chi connectivity index (χ0v) is 14.4. The van der Waals surface area contributed by atoms with Crippen molar-refractivity contribution in [3.8, 4) is 0 Å². The van der Waals surface area contributed by atoms with Crippen LogP contribution >= 0.6 is 11.8 Å². The van der Waals surface area contributed by atoms with Crippen LogP contribution in [0.3, 0.4) is 0 Å². The molecule has 2 aliphatic heterocycles. The molecule has 0 aromatic heterocycles. The summed E-state index contributed by atoms with van der Waals surface area (Å²) in [6.07, 6.45) is -1.94. The molecule has 2 atom stereocenters. The van der Waals surface area contributed by atoms with Gasteiger partial charge in [0, 0.05) is 13.1 Å². The van der Waals surface area contributed by atoms with Gasteiger partial charge in [0.2, 0.25) is 5.91 Å². The lowest BCUT2D eigenvalue weighted by atomic mass is 10.1. The highest BCUT2D eigenvalue weighted by Gasteiger charge is 2.39. The number of rotatable bonds is 4. The van der Waals surface area contributed by atoms with Crippen LogP contribution in [-0.4, -0.2) is 47.1 Å². The minimum Gasteiger partial charge on any atom is -0.324 e. The number of alkyl halides is 3. The minimum atomic E-state index is -4.33. The highest BCUT2D eigenvalue weighted by Crippen LogP contribution is 2.43. The van der Waals surface area contributed by atoms with Gasteiger partial charge in [-0.2, -0.15) is 13.2 Å². The number of carbonyl (C=O) groups excluding carboxylic acids is 1. The van der Waals surface area contributed by atoms with E-state index < -0.39 is 11.7 Å². The van der Waals surface area contributed by atoms with Crippen LogP contribution in [0.25, 0.3) is 0 Å². The van der Waals surface area contributed by atoms with E-state index in [1.165, 1.54) is 36.7 Å². The van der Waals surface area contributed by atoms with E-state index in [1.54, 1.807) is 0 Å². The standard InChI is InChI=1S/C17H21F3N2OS/c1-12-15(23)22(11-10-21-8-2-3-9-21)16(24-12)13-4-6-14(7-5-13)17(18,19)20/h4-7,12,16H,2-3,8-11H2,1H3/t12-,16-/m1/s1. The first-order chi connectivity index (χ1) is 11.4. The van der Waals surface area contributed by atoms with Crippen LogP contribution in [0.15, 0.2) is 24.3 Å². The number of benzene rings is 1. The maximum absolute atomic E-state index is 12.7. The van der Waals surface area contributed by atoms with Crippen molar-refractivity contribution >= 4 is 17.7 Å². The van der Waals surface area contributed by atoms with Crippen molar-refractivity contribution < 1.29 is 18.0 Å². The third-order valence-electron chi connectivity index (χ3n) is 4.63. The second-order valence-corrected chi connectivity index (χ2v) is 7.76. The first-order valence-corrected chi connectivity index (χ1v) is 9.16. The molecule has 1 aromatic carbocycles. The summed E-state index contributed by atoms with van der Waals surface area (Å²) in [6.45, 7) is 5.45. The van der Waals surface area contributed by atoms with Gasteiger partial charge in [0.25, 0.3) is 0 Å². The predicted molar refractivity (Wildman–Crippen MR) is 88.6 cm³/mol. The van der Waals surface area contributed by atoms with Gasteiger partial charge in [0.15, 0.2) is 0 Å². The van der Waals surface area contributed by atoms with Gasteiger partial charge in [-0.25, -0.2) is 0 Å². The minimum absolute atomic E-state index is 0.0732. The van der Waals surface area contributed by atoms with Crippen LogP contribution in [0.2, 0.25) is 0 Å². The Hall–Kier alpha value is -1.21. The molecule has 0 radical (unpaired) electrons. The molecule has 2 aliphatic rings. The van der Waals surface area contributed by atoms with Gasteiger partial charge in [-0.05, 0) is 50.6 Å². The molecule has 3 rings (SSSR count). The lowest BCUT2D eigenvalue weighted by molar-refractivity contribution is -0.137. The van der Waals surface area contributed by atoms with Crippen LogP contribution in [0.5, 0.6) is 0 Å². The molecular formula is C17H21F3N2OS. The van der Waals surface area contributed by atoms with Gasteiger partial charge in [0.05, 0.1) is 10.8 Å². The summed E-state index contributed by atoms with van der Waals surface area (Å²) in [5.74, 6) is 0.0732. The first kappa shape index (κ1) is 17.6. The summed E-state index contributed by atoms with van der Waals surface area (Å²) in [7, 11) is 0. The largest absolute Gasteiger partial charge is 0.416 e. The van der Waals surface area contributed by atoms with Crippen molar-refractivity contribution in [2.24, 2.45) is 0 Å². The Labute approximate surface area is 144 Å². The molecule has 0 saturated carbocycles. The molecule has 2 fully saturated rings. The monoisotopic (exact) mass is 358 g/mol. The molecule has 0 N–H and O–H groups in total. The van der Waals surface area contributed by atoms with Crippen LogP contribution in [0.4, 0.5) is 13.2 Å². The first-order valence-electron chi connectivity index (χ1n) is 8.22. The Balaban J connectivity index is 1.72. The smallest absolute Gasteiger partial charge is 0.324 e. The summed E-state index contributed by atoms with van der Waals surface area (Å²) in [6, 6.07) is 5.19.